The first-order chi connectivity index (χ1) is 10.4. The van der Waals surface area contributed by atoms with Gasteiger partial charge in [0.05, 0.1) is 4.43 Å². The average Bonchev–Trinajstić information content (AvgIpc) is 2.48. The molecule has 116 valence electrons. The predicted molar refractivity (Wildman–Crippen MR) is 73.4 cm³/mol. The van der Waals surface area contributed by atoms with Crippen LogP contribution in [-0.4, -0.2) is 21.9 Å². The van der Waals surface area contributed by atoms with Crippen molar-refractivity contribution in [3.63, 3.8) is 0 Å². The molecule has 1 N–H and O–H groups in total. The number of carbonyl (C=O) groups excluding carboxylic acids is 2. The molecule has 8 nitrogen and oxygen atoms in total. The van der Waals surface area contributed by atoms with Crippen molar-refractivity contribution in [3.05, 3.63) is 40.6 Å². The summed E-state index contributed by atoms with van der Waals surface area (Å²) >= 11 is 0. The molecule has 0 amide bonds. The summed E-state index contributed by atoms with van der Waals surface area (Å²) in [6, 6.07) is 6.34. The van der Waals surface area contributed by atoms with Crippen molar-refractivity contribution in [3.8, 4) is 0 Å². The van der Waals surface area contributed by atoms with Gasteiger partial charge in [-0.2, -0.15) is 4.73 Å². The first-order valence-electron chi connectivity index (χ1n) is 6.46. The van der Waals surface area contributed by atoms with E-state index in [1.54, 1.807) is 12.1 Å². The van der Waals surface area contributed by atoms with E-state index in [0.29, 0.717) is 4.43 Å². The maximum absolute atomic E-state index is 12.4. The van der Waals surface area contributed by atoms with Crippen LogP contribution in [0.2, 0.25) is 0 Å². The molecule has 0 bridgehead atoms. The molecule has 2 aromatic rings. The van der Waals surface area contributed by atoms with Crippen LogP contribution in [-0.2, 0) is 32.3 Å². The Morgan fingerprint density at radius 2 is 1.73 bits per heavy atom. The number of rotatable bonds is 4. The van der Waals surface area contributed by atoms with Crippen molar-refractivity contribution in [2.45, 2.75) is 27.1 Å². The van der Waals surface area contributed by atoms with Crippen molar-refractivity contribution in [1.29, 1.82) is 0 Å². The summed E-state index contributed by atoms with van der Waals surface area (Å²) in [4.78, 5) is 34.4. The topological polar surface area (TPSA) is 101 Å². The highest BCUT2D eigenvalue weighted by molar-refractivity contribution is 5.71. The Kier molecular flexibility index (Phi) is 4.40. The Morgan fingerprint density at radius 3 is 2.36 bits per heavy atom. The SMILES string of the molecule is CC(=O)OCc1c(COC(C)=O)[n+](=O)c2ccccc2n1O. The van der Waals surface area contributed by atoms with Crippen molar-refractivity contribution in [2.24, 2.45) is 0 Å². The number of esters is 2. The van der Waals surface area contributed by atoms with Gasteiger partial charge in [-0.1, -0.05) is 12.1 Å². The van der Waals surface area contributed by atoms with E-state index >= 15 is 0 Å². The first kappa shape index (κ1) is 15.5. The standard InChI is InChI=1S/C14H15N2O6/c1-9(17)21-7-13-14(8-22-10(2)18)16(20)12-6-4-3-5-11(12)15(13)19/h3-6,19H,7-8H2,1-2H3/q+1. The lowest BCUT2D eigenvalue weighted by molar-refractivity contribution is -0.480. The average molecular weight is 307 g/mol. The van der Waals surface area contributed by atoms with Crippen molar-refractivity contribution in [2.75, 3.05) is 0 Å². The minimum Gasteiger partial charge on any atom is -0.459 e. The largest absolute Gasteiger partial charge is 0.459 e. The number of fused-ring (bicyclic) bond motifs is 1. The van der Waals surface area contributed by atoms with Crippen LogP contribution < -0.4 is 4.43 Å². The van der Waals surface area contributed by atoms with Crippen LogP contribution in [0.4, 0.5) is 0 Å². The molecule has 0 aliphatic heterocycles. The number of nitrogens with zero attached hydrogens (tertiary/aromatic N) is 2. The molecule has 22 heavy (non-hydrogen) atoms. The van der Waals surface area contributed by atoms with Gasteiger partial charge in [-0.05, 0) is 6.07 Å². The van der Waals surface area contributed by atoms with Gasteiger partial charge < -0.3 is 14.7 Å². The molecule has 0 saturated heterocycles. The highest BCUT2D eigenvalue weighted by Gasteiger charge is 2.26. The molecule has 0 radical (unpaired) electrons. The molecule has 1 aromatic carbocycles. The molecule has 0 saturated carbocycles. The Hall–Kier alpha value is -2.90. The first-order valence-corrected chi connectivity index (χ1v) is 6.46. The van der Waals surface area contributed by atoms with E-state index < -0.39 is 11.9 Å². The van der Waals surface area contributed by atoms with Gasteiger partial charge in [0, 0.05) is 24.8 Å². The second-order valence-electron chi connectivity index (χ2n) is 4.55. The van der Waals surface area contributed by atoms with Gasteiger partial charge >= 0.3 is 17.6 Å². The van der Waals surface area contributed by atoms with Crippen LogP contribution in [0.15, 0.2) is 24.3 Å². The van der Waals surface area contributed by atoms with E-state index in [0.717, 1.165) is 4.73 Å². The Morgan fingerprint density at radius 1 is 1.14 bits per heavy atom. The molecule has 1 aromatic heterocycles. The minimum absolute atomic E-state index is 0.0161. The normalized spacial score (nSPS) is 10.5. The zero-order chi connectivity index (χ0) is 16.3. The number of aromatic nitrogens is 2. The minimum atomic E-state index is -0.573. The summed E-state index contributed by atoms with van der Waals surface area (Å²) < 4.78 is 11.0. The number of ether oxygens (including phenoxy) is 2. The lowest BCUT2D eigenvalue weighted by Gasteiger charge is -2.10. The summed E-state index contributed by atoms with van der Waals surface area (Å²) in [6.45, 7) is 1.74. The molecule has 0 unspecified atom stereocenters. The van der Waals surface area contributed by atoms with Gasteiger partial charge in [0.1, 0.15) is 6.61 Å². The predicted octanol–water partition coefficient (Wildman–Crippen LogP) is 0.919. The van der Waals surface area contributed by atoms with Crippen molar-refractivity contribution >= 4 is 23.0 Å². The zero-order valence-electron chi connectivity index (χ0n) is 12.1. The highest BCUT2D eigenvalue weighted by Crippen LogP contribution is 2.15. The molecular weight excluding hydrogens is 292 g/mol. The number of para-hydroxylation sites is 2. The Labute approximate surface area is 125 Å². The van der Waals surface area contributed by atoms with Crippen LogP contribution in [0.5, 0.6) is 0 Å². The quantitative estimate of drug-likeness (QED) is 0.512. The number of hydrogen-bond acceptors (Lipinski definition) is 6. The molecule has 8 heteroatoms. The molecule has 1 heterocycles. The number of carbonyl (C=O) groups is 2. The van der Waals surface area contributed by atoms with E-state index in [4.69, 9.17) is 9.47 Å². The molecule has 0 fully saturated rings. The van der Waals surface area contributed by atoms with E-state index in [1.165, 1.54) is 26.0 Å². The van der Waals surface area contributed by atoms with Crippen LogP contribution >= 0.6 is 0 Å². The summed E-state index contributed by atoms with van der Waals surface area (Å²) in [5.41, 5.74) is 0.452. The third-order valence-corrected chi connectivity index (χ3v) is 2.99. The maximum atomic E-state index is 12.4. The van der Waals surface area contributed by atoms with Crippen molar-refractivity contribution < 1.29 is 28.7 Å². The van der Waals surface area contributed by atoms with Gasteiger partial charge in [0.15, 0.2) is 17.8 Å². The van der Waals surface area contributed by atoms with E-state index in [9.17, 15) is 19.7 Å². The maximum Gasteiger partial charge on any atom is 0.303 e. The fraction of sp³-hybridized carbons (Fsp3) is 0.286. The molecule has 2 rings (SSSR count). The fourth-order valence-electron chi connectivity index (χ4n) is 1.97. The third-order valence-electron chi connectivity index (χ3n) is 2.99. The van der Waals surface area contributed by atoms with Crippen LogP contribution in [0.1, 0.15) is 25.2 Å². The summed E-state index contributed by atoms with van der Waals surface area (Å²) in [7, 11) is 0. The summed E-state index contributed by atoms with van der Waals surface area (Å²) in [5.74, 6) is -1.14. The van der Waals surface area contributed by atoms with Gasteiger partial charge in [-0.3, -0.25) is 9.59 Å². The number of benzene rings is 1. The van der Waals surface area contributed by atoms with Crippen LogP contribution in [0, 0.1) is 4.91 Å². The van der Waals surface area contributed by atoms with Crippen LogP contribution in [0.25, 0.3) is 11.0 Å². The second kappa shape index (κ2) is 6.25. The van der Waals surface area contributed by atoms with Gasteiger partial charge in [-0.25, -0.2) is 0 Å². The van der Waals surface area contributed by atoms with Crippen LogP contribution in [0.3, 0.4) is 0 Å². The highest BCUT2D eigenvalue weighted by atomic mass is 16.5. The Balaban J connectivity index is 2.62. The van der Waals surface area contributed by atoms with Crippen molar-refractivity contribution in [1.82, 2.24) is 4.73 Å². The van der Waals surface area contributed by atoms with E-state index in [1.807, 2.05) is 0 Å². The molecule has 0 atom stereocenters. The summed E-state index contributed by atoms with van der Waals surface area (Å²) in [5, 5.41) is 10.3. The number of hydrogen-bond donors (Lipinski definition) is 1. The van der Waals surface area contributed by atoms with E-state index in [2.05, 4.69) is 0 Å². The third kappa shape index (κ3) is 3.05. The smallest absolute Gasteiger partial charge is 0.303 e. The van der Waals surface area contributed by atoms with Gasteiger partial charge in [0.25, 0.3) is 5.52 Å². The molecule has 0 spiro atoms. The fourth-order valence-corrected chi connectivity index (χ4v) is 1.97. The molecule has 0 aliphatic carbocycles. The van der Waals surface area contributed by atoms with Gasteiger partial charge in [0.2, 0.25) is 0 Å². The Bertz CT molecular complexity index is 796. The van der Waals surface area contributed by atoms with Gasteiger partial charge in [-0.15, -0.1) is 0 Å². The van der Waals surface area contributed by atoms with E-state index in [-0.39, 0.29) is 35.6 Å². The monoisotopic (exact) mass is 307 g/mol. The molecular formula is C14H15N2O6+. The second-order valence-corrected chi connectivity index (χ2v) is 4.55. The summed E-state index contributed by atoms with van der Waals surface area (Å²) in [6.07, 6.45) is 0. The lowest BCUT2D eigenvalue weighted by atomic mass is 10.2. The zero-order valence-corrected chi connectivity index (χ0v) is 12.1. The molecule has 0 aliphatic rings. The lowest BCUT2D eigenvalue weighted by Crippen LogP contribution is -2.30.